The number of rotatable bonds is 2. The molecule has 0 atom stereocenters. The fraction of sp³-hybridized carbons (Fsp3) is 0.0714. The molecule has 22 heavy (non-hydrogen) atoms. The molecule has 0 aliphatic heterocycles. The highest BCUT2D eigenvalue weighted by Gasteiger charge is 2.29. The van der Waals surface area contributed by atoms with Crippen molar-refractivity contribution in [1.29, 1.82) is 0 Å². The van der Waals surface area contributed by atoms with Crippen LogP contribution in [0.3, 0.4) is 0 Å². The zero-order chi connectivity index (χ0) is 16.3. The molecule has 2 amide bonds. The van der Waals surface area contributed by atoms with Crippen molar-refractivity contribution < 1.29 is 18.0 Å². The summed E-state index contributed by atoms with van der Waals surface area (Å²) >= 11 is 9.18. The second-order valence-corrected chi connectivity index (χ2v) is 5.60. The summed E-state index contributed by atoms with van der Waals surface area (Å²) in [6.45, 7) is 0. The van der Waals surface area contributed by atoms with Crippen LogP contribution in [0.15, 0.2) is 46.9 Å². The maximum Gasteiger partial charge on any atom is 0.416 e. The summed E-state index contributed by atoms with van der Waals surface area (Å²) in [5.74, 6) is 0. The standard InChI is InChI=1S/C14H9BrClF3N2O/c15-9-3-6-12(11(16)7-9)21-13(22)20-10-4-1-8(2-5-10)14(17,18)19/h1-7H,(H2,20,21,22). The minimum Gasteiger partial charge on any atom is -0.308 e. The molecule has 2 aromatic rings. The number of carbonyl (C=O) groups is 1. The number of carbonyl (C=O) groups excluding carboxylic acids is 1. The zero-order valence-electron chi connectivity index (χ0n) is 10.8. The molecule has 0 radical (unpaired) electrons. The first-order valence-electron chi connectivity index (χ1n) is 5.96. The first-order valence-corrected chi connectivity index (χ1v) is 7.13. The van der Waals surface area contributed by atoms with Gasteiger partial charge in [-0.2, -0.15) is 13.2 Å². The van der Waals surface area contributed by atoms with Gasteiger partial charge in [-0.25, -0.2) is 4.79 Å². The normalized spacial score (nSPS) is 11.1. The van der Waals surface area contributed by atoms with Crippen LogP contribution >= 0.6 is 27.5 Å². The van der Waals surface area contributed by atoms with Gasteiger partial charge in [-0.15, -0.1) is 0 Å². The minimum absolute atomic E-state index is 0.235. The van der Waals surface area contributed by atoms with Crippen LogP contribution in [0.1, 0.15) is 5.56 Å². The molecule has 0 aromatic heterocycles. The number of amides is 2. The molecule has 0 fully saturated rings. The Morgan fingerprint density at radius 1 is 1.05 bits per heavy atom. The molecule has 2 N–H and O–H groups in total. The van der Waals surface area contributed by atoms with Crippen molar-refractivity contribution >= 4 is 44.9 Å². The average molecular weight is 394 g/mol. The van der Waals surface area contributed by atoms with Crippen LogP contribution < -0.4 is 10.6 Å². The lowest BCUT2D eigenvalue weighted by molar-refractivity contribution is -0.137. The van der Waals surface area contributed by atoms with Gasteiger partial charge in [0.15, 0.2) is 0 Å². The van der Waals surface area contributed by atoms with E-state index in [1.54, 1.807) is 18.2 Å². The molecule has 0 bridgehead atoms. The third-order valence-corrected chi connectivity index (χ3v) is 3.46. The van der Waals surface area contributed by atoms with E-state index < -0.39 is 17.8 Å². The fourth-order valence-electron chi connectivity index (χ4n) is 1.62. The molecule has 3 nitrogen and oxygen atoms in total. The monoisotopic (exact) mass is 392 g/mol. The number of hydrogen-bond donors (Lipinski definition) is 2. The van der Waals surface area contributed by atoms with Crippen molar-refractivity contribution in [3.63, 3.8) is 0 Å². The van der Waals surface area contributed by atoms with Gasteiger partial charge in [-0.3, -0.25) is 0 Å². The summed E-state index contributed by atoms with van der Waals surface area (Å²) in [7, 11) is 0. The summed E-state index contributed by atoms with van der Waals surface area (Å²) in [4.78, 5) is 11.8. The van der Waals surface area contributed by atoms with Crippen LogP contribution in [0.25, 0.3) is 0 Å². The molecule has 0 saturated carbocycles. The Bertz CT molecular complexity index is 689. The van der Waals surface area contributed by atoms with Crippen molar-refractivity contribution in [3.8, 4) is 0 Å². The second-order valence-electron chi connectivity index (χ2n) is 4.28. The van der Waals surface area contributed by atoms with Crippen LogP contribution in [0.2, 0.25) is 5.02 Å². The van der Waals surface area contributed by atoms with Crippen molar-refractivity contribution in [2.24, 2.45) is 0 Å². The smallest absolute Gasteiger partial charge is 0.308 e. The summed E-state index contributed by atoms with van der Waals surface area (Å²) in [5, 5.41) is 5.26. The molecule has 2 aromatic carbocycles. The summed E-state index contributed by atoms with van der Waals surface area (Å²) in [5.41, 5.74) is -0.164. The number of hydrogen-bond acceptors (Lipinski definition) is 1. The number of urea groups is 1. The summed E-state index contributed by atoms with van der Waals surface area (Å²) in [6.07, 6.45) is -4.41. The van der Waals surface area contributed by atoms with E-state index in [4.69, 9.17) is 11.6 Å². The molecule has 116 valence electrons. The molecular weight excluding hydrogens is 385 g/mol. The van der Waals surface area contributed by atoms with Crippen LogP contribution in [0.4, 0.5) is 29.3 Å². The number of halogens is 5. The molecule has 0 aliphatic carbocycles. The molecule has 0 spiro atoms. The number of alkyl halides is 3. The Balaban J connectivity index is 2.03. The molecular formula is C14H9BrClF3N2O. The third-order valence-electron chi connectivity index (χ3n) is 2.65. The summed E-state index contributed by atoms with van der Waals surface area (Å²) in [6, 6.07) is 8.42. The second kappa shape index (κ2) is 6.58. The van der Waals surface area contributed by atoms with Gasteiger partial charge in [0.05, 0.1) is 16.3 Å². The van der Waals surface area contributed by atoms with Gasteiger partial charge in [0, 0.05) is 10.2 Å². The third kappa shape index (κ3) is 4.38. The number of nitrogens with one attached hydrogen (secondary N) is 2. The highest BCUT2D eigenvalue weighted by atomic mass is 79.9. The van der Waals surface area contributed by atoms with E-state index in [1.807, 2.05) is 0 Å². The van der Waals surface area contributed by atoms with Gasteiger partial charge in [0.2, 0.25) is 0 Å². The molecule has 8 heteroatoms. The molecule has 0 heterocycles. The SMILES string of the molecule is O=C(Nc1ccc(C(F)(F)F)cc1)Nc1ccc(Br)cc1Cl. The van der Waals surface area contributed by atoms with Gasteiger partial charge in [-0.1, -0.05) is 27.5 Å². The van der Waals surface area contributed by atoms with E-state index >= 15 is 0 Å². The minimum atomic E-state index is -4.41. The number of benzene rings is 2. The first kappa shape index (κ1) is 16.6. The van der Waals surface area contributed by atoms with Gasteiger partial charge in [0.25, 0.3) is 0 Å². The maximum absolute atomic E-state index is 12.4. The van der Waals surface area contributed by atoms with Crippen LogP contribution in [-0.2, 0) is 6.18 Å². The zero-order valence-corrected chi connectivity index (χ0v) is 13.2. The molecule has 0 saturated heterocycles. The Morgan fingerprint density at radius 3 is 2.23 bits per heavy atom. The van der Waals surface area contributed by atoms with Gasteiger partial charge in [0.1, 0.15) is 0 Å². The lowest BCUT2D eigenvalue weighted by atomic mass is 10.2. The molecule has 0 unspecified atom stereocenters. The largest absolute Gasteiger partial charge is 0.416 e. The van der Waals surface area contributed by atoms with Gasteiger partial charge >= 0.3 is 12.2 Å². The highest BCUT2D eigenvalue weighted by Crippen LogP contribution is 2.30. The predicted molar refractivity (Wildman–Crippen MR) is 83.2 cm³/mol. The van der Waals surface area contributed by atoms with E-state index in [9.17, 15) is 18.0 Å². The number of anilines is 2. The predicted octanol–water partition coefficient (Wildman–Crippen LogP) is 5.77. The van der Waals surface area contributed by atoms with Crippen molar-refractivity contribution in [2.75, 3.05) is 10.6 Å². The Kier molecular flexibility index (Phi) is 4.97. The highest BCUT2D eigenvalue weighted by molar-refractivity contribution is 9.10. The van der Waals surface area contributed by atoms with Crippen molar-refractivity contribution in [3.05, 3.63) is 57.5 Å². The van der Waals surface area contributed by atoms with E-state index in [-0.39, 0.29) is 5.69 Å². The van der Waals surface area contributed by atoms with Crippen LogP contribution in [0.5, 0.6) is 0 Å². The topological polar surface area (TPSA) is 41.1 Å². The lowest BCUT2D eigenvalue weighted by Gasteiger charge is -2.10. The van der Waals surface area contributed by atoms with E-state index in [2.05, 4.69) is 26.6 Å². The lowest BCUT2D eigenvalue weighted by Crippen LogP contribution is -2.19. The van der Waals surface area contributed by atoms with E-state index in [0.717, 1.165) is 16.6 Å². The average Bonchev–Trinajstić information content (AvgIpc) is 2.41. The van der Waals surface area contributed by atoms with Crippen LogP contribution in [0, 0.1) is 0 Å². The summed E-state index contributed by atoms with van der Waals surface area (Å²) < 4.78 is 38.0. The van der Waals surface area contributed by atoms with Crippen molar-refractivity contribution in [2.45, 2.75) is 6.18 Å². The Labute approximate surface area is 137 Å². The Hall–Kier alpha value is -1.73. The Morgan fingerprint density at radius 2 is 1.68 bits per heavy atom. The van der Waals surface area contributed by atoms with E-state index in [0.29, 0.717) is 10.7 Å². The molecule has 2 rings (SSSR count). The fourth-order valence-corrected chi connectivity index (χ4v) is 2.34. The van der Waals surface area contributed by atoms with Crippen LogP contribution in [-0.4, -0.2) is 6.03 Å². The maximum atomic E-state index is 12.4. The molecule has 0 aliphatic rings. The quantitative estimate of drug-likeness (QED) is 0.668. The van der Waals surface area contributed by atoms with Gasteiger partial charge < -0.3 is 10.6 Å². The first-order chi connectivity index (χ1) is 10.3. The van der Waals surface area contributed by atoms with E-state index in [1.165, 1.54) is 12.1 Å². The van der Waals surface area contributed by atoms with Gasteiger partial charge in [-0.05, 0) is 42.5 Å². The van der Waals surface area contributed by atoms with Crippen molar-refractivity contribution in [1.82, 2.24) is 0 Å².